The summed E-state index contributed by atoms with van der Waals surface area (Å²) in [5.41, 5.74) is 0.104. The van der Waals surface area contributed by atoms with E-state index in [-0.39, 0.29) is 23.3 Å². The number of rotatable bonds is 4. The molecule has 1 aliphatic rings. The van der Waals surface area contributed by atoms with Crippen LogP contribution >= 0.6 is 0 Å². The highest BCUT2D eigenvalue weighted by molar-refractivity contribution is 5.95. The second-order valence-electron chi connectivity index (χ2n) is 6.35. The minimum atomic E-state index is -0.644. The third kappa shape index (κ3) is 4.15. The number of carbonyl (C=O) groups excluding carboxylic acids is 2. The molecule has 0 aromatic heterocycles. The minimum absolute atomic E-state index is 0.0215. The smallest absolute Gasteiger partial charge is 0.254 e. The van der Waals surface area contributed by atoms with Crippen molar-refractivity contribution < 1.29 is 24.9 Å². The Hall–Kier alpha value is -2.44. The molecule has 2 rings (SSSR count). The fraction of sp³-hybridized carbons (Fsp3) is 0.556. The number of phenolic OH excluding ortho intramolecular Hbond substituents is 3. The van der Waals surface area contributed by atoms with Crippen LogP contribution in [0.25, 0.3) is 0 Å². The molecule has 1 fully saturated rings. The van der Waals surface area contributed by atoms with Crippen LogP contribution in [0.3, 0.4) is 0 Å². The summed E-state index contributed by atoms with van der Waals surface area (Å²) in [6.45, 7) is 5.98. The first-order valence-electron chi connectivity index (χ1n) is 8.72. The standard InChI is InChI=1S/C18H26N2O5/c1-3-12(4-2)17(24)19-6-5-7-20(9-8-19)18(25)13-10-14(21)16(23)15(22)11-13/h10-12,21-23H,3-9H2,1-2H3. The first kappa shape index (κ1) is 18.9. The van der Waals surface area contributed by atoms with Crippen LogP contribution in [-0.2, 0) is 4.79 Å². The second kappa shape index (κ2) is 8.09. The van der Waals surface area contributed by atoms with Crippen molar-refractivity contribution in [2.75, 3.05) is 26.2 Å². The van der Waals surface area contributed by atoms with Crippen molar-refractivity contribution in [1.82, 2.24) is 9.80 Å². The highest BCUT2D eigenvalue weighted by Crippen LogP contribution is 2.35. The molecule has 138 valence electrons. The van der Waals surface area contributed by atoms with Crippen LogP contribution in [0, 0.1) is 5.92 Å². The monoisotopic (exact) mass is 350 g/mol. The van der Waals surface area contributed by atoms with E-state index >= 15 is 0 Å². The number of benzene rings is 1. The lowest BCUT2D eigenvalue weighted by Gasteiger charge is -2.25. The number of aromatic hydroxyl groups is 3. The van der Waals surface area contributed by atoms with Crippen LogP contribution in [0.15, 0.2) is 12.1 Å². The fourth-order valence-corrected chi connectivity index (χ4v) is 3.15. The average molecular weight is 350 g/mol. The van der Waals surface area contributed by atoms with E-state index in [2.05, 4.69) is 0 Å². The Morgan fingerprint density at radius 2 is 1.48 bits per heavy atom. The lowest BCUT2D eigenvalue weighted by atomic mass is 10.0. The first-order chi connectivity index (χ1) is 11.9. The molecule has 7 nitrogen and oxygen atoms in total. The molecule has 3 N–H and O–H groups in total. The lowest BCUT2D eigenvalue weighted by molar-refractivity contribution is -0.135. The topological polar surface area (TPSA) is 101 Å². The van der Waals surface area contributed by atoms with Gasteiger partial charge in [-0.05, 0) is 31.4 Å². The summed E-state index contributed by atoms with van der Waals surface area (Å²) in [7, 11) is 0. The normalized spacial score (nSPS) is 15.3. The molecule has 25 heavy (non-hydrogen) atoms. The molecule has 0 saturated carbocycles. The van der Waals surface area contributed by atoms with E-state index in [1.54, 1.807) is 4.90 Å². The van der Waals surface area contributed by atoms with Gasteiger partial charge in [0.1, 0.15) is 0 Å². The maximum absolute atomic E-state index is 12.6. The van der Waals surface area contributed by atoms with Gasteiger partial charge in [0.2, 0.25) is 5.91 Å². The Bertz CT molecular complexity index is 619. The molecule has 1 aromatic carbocycles. The number of carbonyl (C=O) groups is 2. The van der Waals surface area contributed by atoms with Crippen molar-refractivity contribution in [1.29, 1.82) is 0 Å². The summed E-state index contributed by atoms with van der Waals surface area (Å²) >= 11 is 0. The number of phenols is 3. The van der Waals surface area contributed by atoms with Gasteiger partial charge in [0.15, 0.2) is 17.2 Å². The van der Waals surface area contributed by atoms with Gasteiger partial charge in [-0.3, -0.25) is 9.59 Å². The molecular formula is C18H26N2O5. The fourth-order valence-electron chi connectivity index (χ4n) is 3.15. The van der Waals surface area contributed by atoms with Gasteiger partial charge in [0.05, 0.1) is 0 Å². The van der Waals surface area contributed by atoms with Crippen LogP contribution in [0.5, 0.6) is 17.2 Å². The van der Waals surface area contributed by atoms with E-state index in [9.17, 15) is 24.9 Å². The van der Waals surface area contributed by atoms with Gasteiger partial charge in [0.25, 0.3) is 5.91 Å². The zero-order chi connectivity index (χ0) is 18.6. The number of nitrogens with zero attached hydrogens (tertiary/aromatic N) is 2. The molecule has 0 radical (unpaired) electrons. The van der Waals surface area contributed by atoms with Crippen LogP contribution in [0.2, 0.25) is 0 Å². The summed E-state index contributed by atoms with van der Waals surface area (Å²) in [5, 5.41) is 28.6. The molecule has 0 bridgehead atoms. The highest BCUT2D eigenvalue weighted by Gasteiger charge is 2.26. The van der Waals surface area contributed by atoms with E-state index in [1.165, 1.54) is 0 Å². The Morgan fingerprint density at radius 1 is 0.960 bits per heavy atom. The Kier molecular flexibility index (Phi) is 6.12. The van der Waals surface area contributed by atoms with E-state index in [0.717, 1.165) is 25.0 Å². The maximum atomic E-state index is 12.6. The molecular weight excluding hydrogens is 324 g/mol. The van der Waals surface area contributed by atoms with Crippen LogP contribution in [-0.4, -0.2) is 63.1 Å². The van der Waals surface area contributed by atoms with E-state index in [1.807, 2.05) is 18.7 Å². The third-order valence-electron chi connectivity index (χ3n) is 4.75. The molecule has 0 spiro atoms. The Balaban J connectivity index is 2.08. The predicted molar refractivity (Wildman–Crippen MR) is 92.6 cm³/mol. The number of amides is 2. The first-order valence-corrected chi connectivity index (χ1v) is 8.72. The SMILES string of the molecule is CCC(CC)C(=O)N1CCCN(C(=O)c2cc(O)c(O)c(O)c2)CC1. The van der Waals surface area contributed by atoms with Gasteiger partial charge in [0, 0.05) is 37.7 Å². The lowest BCUT2D eigenvalue weighted by Crippen LogP contribution is -2.39. The summed E-state index contributed by atoms with van der Waals surface area (Å²) in [5.74, 6) is -1.91. The molecule has 2 amide bonds. The van der Waals surface area contributed by atoms with Crippen molar-refractivity contribution >= 4 is 11.8 Å². The summed E-state index contributed by atoms with van der Waals surface area (Å²) in [4.78, 5) is 28.5. The van der Waals surface area contributed by atoms with E-state index < -0.39 is 17.2 Å². The van der Waals surface area contributed by atoms with E-state index in [4.69, 9.17) is 0 Å². The minimum Gasteiger partial charge on any atom is -0.504 e. The molecule has 0 atom stereocenters. The predicted octanol–water partition coefficient (Wildman–Crippen LogP) is 1.91. The van der Waals surface area contributed by atoms with Crippen molar-refractivity contribution in [3.63, 3.8) is 0 Å². The van der Waals surface area contributed by atoms with E-state index in [0.29, 0.717) is 32.6 Å². The summed E-state index contributed by atoms with van der Waals surface area (Å²) < 4.78 is 0. The number of hydrogen-bond donors (Lipinski definition) is 3. The maximum Gasteiger partial charge on any atom is 0.254 e. The summed E-state index contributed by atoms with van der Waals surface area (Å²) in [6, 6.07) is 2.27. The summed E-state index contributed by atoms with van der Waals surface area (Å²) in [6.07, 6.45) is 2.29. The molecule has 0 unspecified atom stereocenters. The second-order valence-corrected chi connectivity index (χ2v) is 6.35. The molecule has 1 saturated heterocycles. The van der Waals surface area contributed by atoms with Crippen molar-refractivity contribution in [3.05, 3.63) is 17.7 Å². The molecule has 0 aliphatic carbocycles. The molecule has 1 heterocycles. The Labute approximate surface area is 147 Å². The quantitative estimate of drug-likeness (QED) is 0.720. The molecule has 1 aromatic rings. The zero-order valence-electron chi connectivity index (χ0n) is 14.7. The van der Waals surface area contributed by atoms with Gasteiger partial charge < -0.3 is 25.1 Å². The highest BCUT2D eigenvalue weighted by atomic mass is 16.3. The van der Waals surface area contributed by atoms with Gasteiger partial charge in [-0.1, -0.05) is 13.8 Å². The molecule has 1 aliphatic heterocycles. The van der Waals surface area contributed by atoms with Crippen molar-refractivity contribution in [3.8, 4) is 17.2 Å². The van der Waals surface area contributed by atoms with Gasteiger partial charge in [-0.15, -0.1) is 0 Å². The van der Waals surface area contributed by atoms with Crippen LogP contribution in [0.1, 0.15) is 43.5 Å². The largest absolute Gasteiger partial charge is 0.504 e. The van der Waals surface area contributed by atoms with Gasteiger partial charge in [-0.25, -0.2) is 0 Å². The Morgan fingerprint density at radius 3 is 2.04 bits per heavy atom. The average Bonchev–Trinajstić information content (AvgIpc) is 2.85. The van der Waals surface area contributed by atoms with Crippen LogP contribution < -0.4 is 0 Å². The number of hydrogen-bond acceptors (Lipinski definition) is 5. The third-order valence-corrected chi connectivity index (χ3v) is 4.75. The van der Waals surface area contributed by atoms with Gasteiger partial charge in [-0.2, -0.15) is 0 Å². The van der Waals surface area contributed by atoms with Gasteiger partial charge >= 0.3 is 0 Å². The van der Waals surface area contributed by atoms with Crippen molar-refractivity contribution in [2.45, 2.75) is 33.1 Å². The molecule has 7 heteroatoms. The zero-order valence-corrected chi connectivity index (χ0v) is 14.7. The van der Waals surface area contributed by atoms with Crippen LogP contribution in [0.4, 0.5) is 0 Å². The van der Waals surface area contributed by atoms with Crippen molar-refractivity contribution in [2.24, 2.45) is 5.92 Å².